The van der Waals surface area contributed by atoms with E-state index >= 15 is 0 Å². The summed E-state index contributed by atoms with van der Waals surface area (Å²) in [4.78, 5) is 0.00991. The lowest BCUT2D eigenvalue weighted by molar-refractivity contribution is 0.0646. The van der Waals surface area contributed by atoms with Gasteiger partial charge in [0, 0.05) is 4.83 Å². The Labute approximate surface area is 80.4 Å². The Morgan fingerprint density at radius 2 is 2.42 bits per heavy atom. The van der Waals surface area contributed by atoms with E-state index in [1.807, 2.05) is 0 Å². The summed E-state index contributed by atoms with van der Waals surface area (Å²) < 4.78 is 0. The molecule has 1 saturated carbocycles. The van der Waals surface area contributed by atoms with Crippen LogP contribution < -0.4 is 0 Å². The lowest BCUT2D eigenvalue weighted by atomic mass is 9.83. The predicted molar refractivity (Wildman–Crippen MR) is 50.8 cm³/mol. The number of terminal acetylenes is 1. The highest BCUT2D eigenvalue weighted by Crippen LogP contribution is 2.44. The molecule has 0 amide bonds. The Morgan fingerprint density at radius 1 is 1.83 bits per heavy atom. The van der Waals surface area contributed by atoms with Gasteiger partial charge < -0.3 is 10.2 Å². The van der Waals surface area contributed by atoms with Gasteiger partial charge in [-0.3, -0.25) is 0 Å². The molecule has 0 heterocycles. The van der Waals surface area contributed by atoms with Crippen molar-refractivity contribution in [1.82, 2.24) is 0 Å². The topological polar surface area (TPSA) is 40.5 Å². The third-order valence-electron chi connectivity index (χ3n) is 2.46. The van der Waals surface area contributed by atoms with Crippen LogP contribution in [-0.2, 0) is 0 Å². The summed E-state index contributed by atoms with van der Waals surface area (Å²) in [5.74, 6) is 2.43. The van der Waals surface area contributed by atoms with E-state index in [0.29, 0.717) is 12.0 Å². The van der Waals surface area contributed by atoms with Crippen LogP contribution in [0.25, 0.3) is 0 Å². The van der Waals surface area contributed by atoms with Crippen molar-refractivity contribution in [3.63, 3.8) is 0 Å². The Balaban J connectivity index is 3.03. The molecule has 3 heteroatoms. The van der Waals surface area contributed by atoms with E-state index < -0.39 is 11.5 Å². The van der Waals surface area contributed by atoms with E-state index in [-0.39, 0.29) is 11.4 Å². The standard InChI is InChI=1S/C9H11BrO2/c1-3-9(5-11)6(2)7(10)4-8(9)12/h1,7-8,11-12H,2,4-5H2/t7-,8-,9-/m0/s1. The number of halogens is 1. The third-order valence-corrected chi connectivity index (χ3v) is 3.38. The largest absolute Gasteiger partial charge is 0.394 e. The molecule has 0 aromatic heterocycles. The molecule has 0 spiro atoms. The Bertz CT molecular complexity index is 243. The maximum atomic E-state index is 9.59. The molecule has 0 aromatic rings. The van der Waals surface area contributed by atoms with Crippen molar-refractivity contribution in [2.45, 2.75) is 17.4 Å². The second-order valence-corrected chi connectivity index (χ2v) is 4.12. The Kier molecular flexibility index (Phi) is 2.62. The molecule has 0 aliphatic heterocycles. The van der Waals surface area contributed by atoms with Crippen LogP contribution >= 0.6 is 15.9 Å². The number of rotatable bonds is 1. The summed E-state index contributed by atoms with van der Waals surface area (Å²) >= 11 is 3.34. The molecule has 0 aromatic carbocycles. The van der Waals surface area contributed by atoms with E-state index in [0.717, 1.165) is 0 Å². The fourth-order valence-corrected chi connectivity index (χ4v) is 2.24. The highest BCUT2D eigenvalue weighted by Gasteiger charge is 2.47. The Morgan fingerprint density at radius 3 is 2.58 bits per heavy atom. The van der Waals surface area contributed by atoms with Crippen LogP contribution in [0.2, 0.25) is 0 Å². The van der Waals surface area contributed by atoms with Crippen LogP contribution in [0.3, 0.4) is 0 Å². The molecular formula is C9H11BrO2. The quantitative estimate of drug-likeness (QED) is 0.396. The SMILES string of the molecule is C#C[C@]1(CO)C(=C)[C@@H](Br)C[C@@H]1O. The molecule has 1 fully saturated rings. The molecule has 1 rings (SSSR count). The Hall–Kier alpha value is -0.300. The summed E-state index contributed by atoms with van der Waals surface area (Å²) in [6, 6.07) is 0. The van der Waals surface area contributed by atoms with E-state index in [4.69, 9.17) is 11.5 Å². The number of hydrogen-bond acceptors (Lipinski definition) is 2. The summed E-state index contributed by atoms with van der Waals surface area (Å²) in [6.07, 6.45) is 5.10. The molecule has 2 N–H and O–H groups in total. The van der Waals surface area contributed by atoms with Crippen molar-refractivity contribution in [2.75, 3.05) is 6.61 Å². The first-order chi connectivity index (χ1) is 5.58. The smallest absolute Gasteiger partial charge is 0.102 e. The molecule has 0 saturated heterocycles. The number of aliphatic hydroxyl groups is 2. The van der Waals surface area contributed by atoms with Gasteiger partial charge in [0.25, 0.3) is 0 Å². The zero-order chi connectivity index (χ0) is 9.35. The van der Waals surface area contributed by atoms with E-state index in [9.17, 15) is 5.11 Å². The molecule has 66 valence electrons. The van der Waals surface area contributed by atoms with Gasteiger partial charge >= 0.3 is 0 Å². The minimum Gasteiger partial charge on any atom is -0.394 e. The summed E-state index contributed by atoms with van der Waals surface area (Å²) in [5.41, 5.74) is -0.242. The van der Waals surface area contributed by atoms with Gasteiger partial charge in [0.15, 0.2) is 0 Å². The van der Waals surface area contributed by atoms with Crippen molar-refractivity contribution in [3.8, 4) is 12.3 Å². The number of alkyl halides is 1. The van der Waals surface area contributed by atoms with Crippen LogP contribution in [0.4, 0.5) is 0 Å². The van der Waals surface area contributed by atoms with E-state index in [2.05, 4.69) is 28.4 Å². The van der Waals surface area contributed by atoms with Crippen LogP contribution in [0, 0.1) is 17.8 Å². The summed E-state index contributed by atoms with van der Waals surface area (Å²) in [6.45, 7) is 3.53. The van der Waals surface area contributed by atoms with Crippen LogP contribution in [0.1, 0.15) is 6.42 Å². The maximum Gasteiger partial charge on any atom is 0.102 e. The van der Waals surface area contributed by atoms with Gasteiger partial charge in [0.2, 0.25) is 0 Å². The maximum absolute atomic E-state index is 9.59. The highest BCUT2D eigenvalue weighted by molar-refractivity contribution is 9.09. The molecule has 1 aliphatic rings. The molecule has 3 atom stereocenters. The van der Waals surface area contributed by atoms with Gasteiger partial charge in [0.1, 0.15) is 5.41 Å². The second kappa shape index (κ2) is 3.21. The second-order valence-electron chi connectivity index (χ2n) is 3.02. The van der Waals surface area contributed by atoms with E-state index in [1.165, 1.54) is 0 Å². The summed E-state index contributed by atoms with van der Waals surface area (Å²) in [5, 5.41) is 18.7. The lowest BCUT2D eigenvalue weighted by Gasteiger charge is -2.25. The van der Waals surface area contributed by atoms with Crippen molar-refractivity contribution in [1.29, 1.82) is 0 Å². The number of hydrogen-bond donors (Lipinski definition) is 2. The molecule has 0 bridgehead atoms. The van der Waals surface area contributed by atoms with Gasteiger partial charge in [0.05, 0.1) is 12.7 Å². The van der Waals surface area contributed by atoms with Crippen molar-refractivity contribution >= 4 is 15.9 Å². The van der Waals surface area contributed by atoms with Gasteiger partial charge in [-0.1, -0.05) is 28.4 Å². The average molecular weight is 231 g/mol. The average Bonchev–Trinajstić information content (AvgIpc) is 2.26. The fraction of sp³-hybridized carbons (Fsp3) is 0.556. The van der Waals surface area contributed by atoms with Gasteiger partial charge in [-0.25, -0.2) is 0 Å². The molecule has 0 unspecified atom stereocenters. The zero-order valence-electron chi connectivity index (χ0n) is 6.63. The van der Waals surface area contributed by atoms with Crippen molar-refractivity contribution < 1.29 is 10.2 Å². The molecule has 2 nitrogen and oxygen atoms in total. The molecular weight excluding hydrogens is 220 g/mol. The summed E-state index contributed by atoms with van der Waals surface area (Å²) in [7, 11) is 0. The van der Waals surface area contributed by atoms with Gasteiger partial charge in [-0.15, -0.1) is 6.42 Å². The first kappa shape index (κ1) is 9.79. The van der Waals surface area contributed by atoms with Crippen LogP contribution in [0.15, 0.2) is 12.2 Å². The molecule has 1 aliphatic carbocycles. The zero-order valence-corrected chi connectivity index (χ0v) is 8.21. The number of aliphatic hydroxyl groups excluding tert-OH is 2. The van der Waals surface area contributed by atoms with Gasteiger partial charge in [-0.2, -0.15) is 0 Å². The lowest BCUT2D eigenvalue weighted by Crippen LogP contribution is -2.33. The molecule has 12 heavy (non-hydrogen) atoms. The van der Waals surface area contributed by atoms with Crippen LogP contribution in [0.5, 0.6) is 0 Å². The van der Waals surface area contributed by atoms with Crippen molar-refractivity contribution in [3.05, 3.63) is 12.2 Å². The first-order valence-corrected chi connectivity index (χ1v) is 4.60. The van der Waals surface area contributed by atoms with Gasteiger partial charge in [-0.05, 0) is 12.0 Å². The van der Waals surface area contributed by atoms with Crippen LogP contribution in [-0.4, -0.2) is 27.8 Å². The monoisotopic (exact) mass is 230 g/mol. The fourth-order valence-electron chi connectivity index (χ4n) is 1.47. The third kappa shape index (κ3) is 1.11. The minimum absolute atomic E-state index is 0.00991. The predicted octanol–water partition coefficient (Wildman–Crippen LogP) is 0.683. The van der Waals surface area contributed by atoms with E-state index in [1.54, 1.807) is 0 Å². The highest BCUT2D eigenvalue weighted by atomic mass is 79.9. The molecule has 0 radical (unpaired) electrons. The first-order valence-electron chi connectivity index (χ1n) is 3.68. The minimum atomic E-state index is -0.936. The van der Waals surface area contributed by atoms with Crippen molar-refractivity contribution in [2.24, 2.45) is 5.41 Å². The normalized spacial score (nSPS) is 41.3.